The molecule has 10 nitrogen and oxygen atoms in total. The normalized spacial score (nSPS) is 15.7. The molecule has 2 unspecified atom stereocenters. The fourth-order valence-corrected chi connectivity index (χ4v) is 4.57. The number of nitrogens with one attached hydrogen (secondary N) is 4. The highest BCUT2D eigenvalue weighted by molar-refractivity contribution is 5.86. The molecule has 0 heterocycles. The third kappa shape index (κ3) is 19.8. The molecule has 0 bridgehead atoms. The Morgan fingerprint density at radius 2 is 1.30 bits per heavy atom. The minimum absolute atomic E-state index is 0.0675. The molecule has 2 atom stereocenters. The molecule has 0 radical (unpaired) electrons. The Hall–Kier alpha value is -2.20. The van der Waals surface area contributed by atoms with Gasteiger partial charge in [0.2, 0.25) is 23.6 Å². The van der Waals surface area contributed by atoms with E-state index in [-0.39, 0.29) is 29.5 Å². The van der Waals surface area contributed by atoms with Gasteiger partial charge in [-0.05, 0) is 64.2 Å². The first kappa shape index (κ1) is 35.8. The van der Waals surface area contributed by atoms with Crippen molar-refractivity contribution in [3.8, 4) is 0 Å². The van der Waals surface area contributed by atoms with Crippen molar-refractivity contribution >= 4 is 23.6 Å². The van der Waals surface area contributed by atoms with Crippen molar-refractivity contribution in [3.05, 3.63) is 0 Å². The van der Waals surface area contributed by atoms with Crippen LogP contribution in [0.4, 0.5) is 0 Å². The van der Waals surface area contributed by atoms with Gasteiger partial charge < -0.3 is 30.7 Å². The summed E-state index contributed by atoms with van der Waals surface area (Å²) in [6.45, 7) is 10.8. The van der Waals surface area contributed by atoms with Crippen LogP contribution in [0.1, 0.15) is 98.3 Å². The number of carbonyl (C=O) groups is 4. The van der Waals surface area contributed by atoms with E-state index in [0.717, 1.165) is 31.8 Å². The second-order valence-corrected chi connectivity index (χ2v) is 10.9. The third-order valence-electron chi connectivity index (χ3n) is 7.09. The summed E-state index contributed by atoms with van der Waals surface area (Å²) in [5.41, 5.74) is 0. The summed E-state index contributed by atoms with van der Waals surface area (Å²) < 4.78 is 10.4. The van der Waals surface area contributed by atoms with Crippen LogP contribution < -0.4 is 21.3 Å². The van der Waals surface area contributed by atoms with Crippen LogP contribution in [0.5, 0.6) is 0 Å². The smallest absolute Gasteiger partial charge is 0.242 e. The highest BCUT2D eigenvalue weighted by atomic mass is 16.5. The first-order valence-corrected chi connectivity index (χ1v) is 15.5. The number of hydrogen-bond acceptors (Lipinski definition) is 6. The van der Waals surface area contributed by atoms with E-state index in [2.05, 4.69) is 21.3 Å². The van der Waals surface area contributed by atoms with Crippen molar-refractivity contribution in [2.75, 3.05) is 46.1 Å². The van der Waals surface area contributed by atoms with Crippen molar-refractivity contribution in [1.29, 1.82) is 0 Å². The topological polar surface area (TPSA) is 135 Å². The van der Waals surface area contributed by atoms with Gasteiger partial charge in [-0.1, -0.05) is 32.1 Å². The number of carbonyl (C=O) groups excluding carboxylic acids is 4. The molecule has 0 aromatic rings. The van der Waals surface area contributed by atoms with Gasteiger partial charge in [-0.15, -0.1) is 0 Å². The van der Waals surface area contributed by atoms with Gasteiger partial charge in [0, 0.05) is 52.6 Å². The number of amides is 4. The third-order valence-corrected chi connectivity index (χ3v) is 7.09. The maximum atomic E-state index is 12.2. The van der Waals surface area contributed by atoms with E-state index in [1.54, 1.807) is 0 Å². The van der Waals surface area contributed by atoms with Gasteiger partial charge in [-0.25, -0.2) is 0 Å². The molecule has 2 aliphatic carbocycles. The Morgan fingerprint density at radius 1 is 0.700 bits per heavy atom. The first-order chi connectivity index (χ1) is 19.3. The zero-order chi connectivity index (χ0) is 29.6. The minimum atomic E-state index is -0.540. The molecule has 10 heteroatoms. The fraction of sp³-hybridized carbons (Fsp3) is 0.867. The maximum Gasteiger partial charge on any atom is 0.242 e. The van der Waals surface area contributed by atoms with Gasteiger partial charge in [0.25, 0.3) is 0 Å². The molecule has 2 rings (SSSR count). The SMILES string of the molecule is CCOCCNC(=O)C(CCCCC1CC1)C1CC1.CCOCCNC(=O)C(CCCCNC(C)=O)NC(C)=O. The summed E-state index contributed by atoms with van der Waals surface area (Å²) in [6.07, 6.45) is 12.5. The molecule has 2 aliphatic rings. The van der Waals surface area contributed by atoms with Crippen LogP contribution in [0.2, 0.25) is 0 Å². The predicted molar refractivity (Wildman–Crippen MR) is 157 cm³/mol. The highest BCUT2D eigenvalue weighted by Gasteiger charge is 2.35. The molecule has 0 aromatic heterocycles. The van der Waals surface area contributed by atoms with Gasteiger partial charge in [0.15, 0.2) is 0 Å². The Balaban J connectivity index is 0.000000401. The summed E-state index contributed by atoms with van der Waals surface area (Å²) >= 11 is 0. The Kier molecular flexibility index (Phi) is 20.1. The van der Waals surface area contributed by atoms with Crippen molar-refractivity contribution < 1.29 is 28.7 Å². The van der Waals surface area contributed by atoms with Crippen LogP contribution in [0.25, 0.3) is 0 Å². The van der Waals surface area contributed by atoms with Crippen LogP contribution in [0.3, 0.4) is 0 Å². The molecule has 0 aromatic carbocycles. The highest BCUT2D eigenvalue weighted by Crippen LogP contribution is 2.40. The van der Waals surface area contributed by atoms with E-state index in [1.807, 2.05) is 13.8 Å². The van der Waals surface area contributed by atoms with Crippen LogP contribution in [0.15, 0.2) is 0 Å². The molecule has 2 fully saturated rings. The maximum absolute atomic E-state index is 12.2. The molecule has 0 spiro atoms. The number of unbranched alkanes of at least 4 members (excludes halogenated alkanes) is 2. The Labute approximate surface area is 241 Å². The standard InChI is InChI=1S/C16H29NO2.C14H27N3O4/c1-2-19-12-11-17-16(18)15(14-9-10-14)6-4-3-5-13-7-8-13;1-4-21-10-9-16-14(20)13(17-12(3)19)7-5-6-8-15-11(2)18/h13-15H,2-12H2,1H3,(H,17,18);13H,4-10H2,1-3H3,(H,15,18)(H,16,20)(H,17,19). The van der Waals surface area contributed by atoms with Gasteiger partial charge in [-0.3, -0.25) is 19.2 Å². The number of ether oxygens (including phenoxy) is 2. The zero-order valence-electron chi connectivity index (χ0n) is 25.5. The lowest BCUT2D eigenvalue weighted by Gasteiger charge is -2.17. The van der Waals surface area contributed by atoms with E-state index in [0.29, 0.717) is 51.8 Å². The fourth-order valence-electron chi connectivity index (χ4n) is 4.57. The minimum Gasteiger partial charge on any atom is -0.380 e. The molecule has 4 N–H and O–H groups in total. The lowest BCUT2D eigenvalue weighted by molar-refractivity contribution is -0.128. The van der Waals surface area contributed by atoms with E-state index in [9.17, 15) is 19.2 Å². The monoisotopic (exact) mass is 568 g/mol. The number of hydrogen-bond donors (Lipinski definition) is 4. The van der Waals surface area contributed by atoms with Crippen LogP contribution in [0, 0.1) is 17.8 Å². The van der Waals surface area contributed by atoms with Crippen molar-refractivity contribution in [2.24, 2.45) is 17.8 Å². The lowest BCUT2D eigenvalue weighted by atomic mass is 9.95. The summed E-state index contributed by atoms with van der Waals surface area (Å²) in [5, 5.41) is 11.1. The van der Waals surface area contributed by atoms with Gasteiger partial charge >= 0.3 is 0 Å². The second kappa shape index (κ2) is 22.5. The van der Waals surface area contributed by atoms with E-state index < -0.39 is 6.04 Å². The quantitative estimate of drug-likeness (QED) is 0.148. The average Bonchev–Trinajstić information content (AvgIpc) is 3.83. The molecule has 0 saturated heterocycles. The average molecular weight is 569 g/mol. The molecule has 2 saturated carbocycles. The number of rotatable bonds is 22. The Bertz CT molecular complexity index is 727. The molecule has 4 amide bonds. The van der Waals surface area contributed by atoms with Gasteiger partial charge in [0.05, 0.1) is 13.2 Å². The van der Waals surface area contributed by atoms with Crippen LogP contribution >= 0.6 is 0 Å². The van der Waals surface area contributed by atoms with Crippen molar-refractivity contribution in [2.45, 2.75) is 104 Å². The molecule has 232 valence electrons. The largest absolute Gasteiger partial charge is 0.380 e. The van der Waals surface area contributed by atoms with Crippen molar-refractivity contribution in [1.82, 2.24) is 21.3 Å². The summed E-state index contributed by atoms with van der Waals surface area (Å²) in [4.78, 5) is 46.0. The lowest BCUT2D eigenvalue weighted by Crippen LogP contribution is -2.46. The second-order valence-electron chi connectivity index (χ2n) is 10.9. The molecular weight excluding hydrogens is 512 g/mol. The van der Waals surface area contributed by atoms with Crippen LogP contribution in [-0.4, -0.2) is 75.7 Å². The summed E-state index contributed by atoms with van der Waals surface area (Å²) in [5.74, 6) is 1.75. The summed E-state index contributed by atoms with van der Waals surface area (Å²) in [6, 6.07) is -0.540. The van der Waals surface area contributed by atoms with Gasteiger partial charge in [-0.2, -0.15) is 0 Å². The van der Waals surface area contributed by atoms with Gasteiger partial charge in [0.1, 0.15) is 6.04 Å². The van der Waals surface area contributed by atoms with Crippen molar-refractivity contribution in [3.63, 3.8) is 0 Å². The van der Waals surface area contributed by atoms with E-state index in [1.165, 1.54) is 58.8 Å². The zero-order valence-corrected chi connectivity index (χ0v) is 25.5. The van der Waals surface area contributed by atoms with E-state index in [4.69, 9.17) is 9.47 Å². The molecule has 40 heavy (non-hydrogen) atoms. The summed E-state index contributed by atoms with van der Waals surface area (Å²) in [7, 11) is 0. The first-order valence-electron chi connectivity index (χ1n) is 15.5. The predicted octanol–water partition coefficient (Wildman–Crippen LogP) is 3.09. The molecular formula is C30H56N4O6. The molecule has 0 aliphatic heterocycles. The van der Waals surface area contributed by atoms with E-state index >= 15 is 0 Å². The Morgan fingerprint density at radius 3 is 1.82 bits per heavy atom. The van der Waals surface area contributed by atoms with Crippen LogP contribution in [-0.2, 0) is 28.7 Å².